The second-order valence-corrected chi connectivity index (χ2v) is 14.8. The summed E-state index contributed by atoms with van der Waals surface area (Å²) >= 11 is 0. The van der Waals surface area contributed by atoms with E-state index in [0.29, 0.717) is 13.0 Å². The number of hydrogen-bond acceptors (Lipinski definition) is 8. The Hall–Kier alpha value is -2.07. The van der Waals surface area contributed by atoms with E-state index in [2.05, 4.69) is 62.5 Å². The van der Waals surface area contributed by atoms with Gasteiger partial charge in [-0.2, -0.15) is 0 Å². The van der Waals surface area contributed by atoms with Crippen molar-refractivity contribution in [3.63, 3.8) is 0 Å². The van der Waals surface area contributed by atoms with E-state index in [1.807, 2.05) is 0 Å². The molecule has 0 aromatic carbocycles. The average molecular weight is 756 g/mol. The van der Waals surface area contributed by atoms with Gasteiger partial charge in [0.25, 0.3) is 0 Å². The molecule has 10 nitrogen and oxygen atoms in total. The van der Waals surface area contributed by atoms with Gasteiger partial charge in [-0.15, -0.1) is 0 Å². The number of unbranched alkanes of at least 4 members (excludes halogenated alkanes) is 16. The lowest BCUT2D eigenvalue weighted by Gasteiger charge is -2.20. The van der Waals surface area contributed by atoms with Crippen LogP contribution in [0.25, 0.3) is 0 Å². The molecule has 0 rings (SSSR count). The quantitative estimate of drug-likeness (QED) is 0.0240. The van der Waals surface area contributed by atoms with Gasteiger partial charge in [0, 0.05) is 13.0 Å². The van der Waals surface area contributed by atoms with E-state index < -0.39 is 45.1 Å². The van der Waals surface area contributed by atoms with Crippen molar-refractivity contribution in [2.24, 2.45) is 5.73 Å². The lowest BCUT2D eigenvalue weighted by molar-refractivity contribution is -0.154. The largest absolute Gasteiger partial charge is 0.480 e. The molecule has 0 aliphatic carbocycles. The van der Waals surface area contributed by atoms with E-state index in [1.165, 1.54) is 51.4 Å². The Labute approximate surface area is 316 Å². The summed E-state index contributed by atoms with van der Waals surface area (Å²) in [5.74, 6) is -1.79. The molecule has 0 aromatic heterocycles. The van der Waals surface area contributed by atoms with E-state index in [-0.39, 0.29) is 13.0 Å². The van der Waals surface area contributed by atoms with Crippen LogP contribution in [0.3, 0.4) is 0 Å². The summed E-state index contributed by atoms with van der Waals surface area (Å²) in [6, 6.07) is -1.48. The average Bonchev–Trinajstić information content (AvgIpc) is 3.12. The van der Waals surface area contributed by atoms with Crippen LogP contribution in [0.5, 0.6) is 0 Å². The Morgan fingerprint density at radius 2 is 1.12 bits per heavy atom. The van der Waals surface area contributed by atoms with Crippen molar-refractivity contribution < 1.29 is 42.7 Å². The first-order chi connectivity index (χ1) is 25.2. The number of nitrogens with two attached hydrogens (primary N) is 1. The van der Waals surface area contributed by atoms with Gasteiger partial charge in [-0.25, -0.2) is 4.57 Å². The number of carbonyl (C=O) groups is 2. The van der Waals surface area contributed by atoms with E-state index in [4.69, 9.17) is 29.4 Å². The maximum atomic E-state index is 12.6. The van der Waals surface area contributed by atoms with Crippen LogP contribution in [0.15, 0.2) is 48.6 Å². The molecule has 0 radical (unpaired) electrons. The Morgan fingerprint density at radius 1 is 0.635 bits per heavy atom. The number of hydrogen-bond donors (Lipinski definition) is 3. The molecule has 52 heavy (non-hydrogen) atoms. The second kappa shape index (κ2) is 37.3. The van der Waals surface area contributed by atoms with Gasteiger partial charge >= 0.3 is 19.8 Å². The normalized spacial score (nSPS) is 14.5. The van der Waals surface area contributed by atoms with Crippen molar-refractivity contribution in [3.8, 4) is 0 Å². The van der Waals surface area contributed by atoms with Gasteiger partial charge in [-0.3, -0.25) is 18.6 Å². The Balaban J connectivity index is 4.30. The molecule has 302 valence electrons. The van der Waals surface area contributed by atoms with Crippen molar-refractivity contribution in [3.05, 3.63) is 48.6 Å². The van der Waals surface area contributed by atoms with Gasteiger partial charge in [0.15, 0.2) is 0 Å². The first-order valence-corrected chi connectivity index (χ1v) is 21.7. The molecule has 0 saturated heterocycles. The molecule has 0 amide bonds. The van der Waals surface area contributed by atoms with Crippen LogP contribution in [-0.2, 0) is 32.7 Å². The third-order valence-electron chi connectivity index (χ3n) is 8.37. The van der Waals surface area contributed by atoms with Gasteiger partial charge < -0.3 is 25.2 Å². The van der Waals surface area contributed by atoms with Crippen molar-refractivity contribution in [1.29, 1.82) is 0 Å². The second-order valence-electron chi connectivity index (χ2n) is 13.4. The third-order valence-corrected chi connectivity index (χ3v) is 9.32. The molecule has 3 unspecified atom stereocenters. The Kier molecular flexibility index (Phi) is 35.8. The number of carbonyl (C=O) groups excluding carboxylic acids is 1. The molecule has 0 aliphatic heterocycles. The van der Waals surface area contributed by atoms with Crippen molar-refractivity contribution in [2.75, 3.05) is 26.4 Å². The van der Waals surface area contributed by atoms with Gasteiger partial charge in [0.05, 0.1) is 19.8 Å². The monoisotopic (exact) mass is 756 g/mol. The number of rotatable bonds is 38. The summed E-state index contributed by atoms with van der Waals surface area (Å²) < 4.78 is 33.2. The van der Waals surface area contributed by atoms with Crippen LogP contribution in [0.4, 0.5) is 0 Å². The van der Waals surface area contributed by atoms with Gasteiger partial charge in [-0.1, -0.05) is 152 Å². The number of allylic oxidation sites excluding steroid dienone is 8. The first kappa shape index (κ1) is 49.9. The van der Waals surface area contributed by atoms with E-state index in [9.17, 15) is 19.0 Å². The summed E-state index contributed by atoms with van der Waals surface area (Å²) in [5.41, 5.74) is 5.34. The standard InChI is InChI=1S/C41H74NO9P/c1-3-5-7-9-11-13-15-17-18-19-20-21-22-24-26-28-30-32-34-48-35-38(36-49-52(46,47)50-37-39(42)41(44)45)51-40(43)33-31-29-27-25-23-16-14-12-10-8-6-4-2/h5,7,11,13,17-18,20-21,38-39H,3-4,6,8-10,12,14-16,19,22-37,42H2,1-2H3,(H,44,45)(H,46,47)/b7-5-,13-11-,18-17-,21-20-. The minimum Gasteiger partial charge on any atom is -0.480 e. The lowest BCUT2D eigenvalue weighted by Crippen LogP contribution is -2.34. The zero-order chi connectivity index (χ0) is 38.4. The van der Waals surface area contributed by atoms with Crippen LogP contribution in [0.2, 0.25) is 0 Å². The topological polar surface area (TPSA) is 155 Å². The zero-order valence-corrected chi connectivity index (χ0v) is 33.5. The van der Waals surface area contributed by atoms with Crippen molar-refractivity contribution >= 4 is 19.8 Å². The highest BCUT2D eigenvalue weighted by atomic mass is 31.2. The minimum atomic E-state index is -4.62. The molecule has 0 aliphatic rings. The van der Waals surface area contributed by atoms with Gasteiger partial charge in [0.1, 0.15) is 12.1 Å². The lowest BCUT2D eigenvalue weighted by atomic mass is 10.0. The molecule has 4 N–H and O–H groups in total. The summed E-state index contributed by atoms with van der Waals surface area (Å²) in [7, 11) is -4.62. The summed E-state index contributed by atoms with van der Waals surface area (Å²) in [6.07, 6.45) is 41.6. The van der Waals surface area contributed by atoms with Crippen molar-refractivity contribution in [1.82, 2.24) is 0 Å². The highest BCUT2D eigenvalue weighted by molar-refractivity contribution is 7.47. The summed E-state index contributed by atoms with van der Waals surface area (Å²) in [5, 5.41) is 8.87. The number of phosphoric acid groups is 1. The SMILES string of the molecule is CC/C=C\C/C=C\C/C=C\C/C=C\CCCCCCCOCC(COP(=O)(O)OCC(N)C(=O)O)OC(=O)CCCCCCCCCCCCCC. The first-order valence-electron chi connectivity index (χ1n) is 20.2. The molecule has 0 saturated carbocycles. The maximum absolute atomic E-state index is 12.6. The number of ether oxygens (including phenoxy) is 2. The molecular weight excluding hydrogens is 681 g/mol. The number of carboxylic acids is 1. The number of carboxylic acid groups (broad SMARTS) is 1. The molecule has 0 heterocycles. The molecular formula is C41H74NO9P. The molecule has 11 heteroatoms. The Morgan fingerprint density at radius 3 is 1.67 bits per heavy atom. The fourth-order valence-electron chi connectivity index (χ4n) is 5.24. The predicted molar refractivity (Wildman–Crippen MR) is 212 cm³/mol. The minimum absolute atomic E-state index is 0.00462. The smallest absolute Gasteiger partial charge is 0.472 e. The number of esters is 1. The third kappa shape index (κ3) is 36.3. The zero-order valence-electron chi connectivity index (χ0n) is 32.6. The van der Waals surface area contributed by atoms with Crippen LogP contribution < -0.4 is 5.73 Å². The molecule has 0 spiro atoms. The predicted octanol–water partition coefficient (Wildman–Crippen LogP) is 10.7. The fraction of sp³-hybridized carbons (Fsp3) is 0.756. The van der Waals surface area contributed by atoms with E-state index in [1.54, 1.807) is 0 Å². The van der Waals surface area contributed by atoms with Crippen LogP contribution >= 0.6 is 7.82 Å². The van der Waals surface area contributed by atoms with Crippen LogP contribution in [0.1, 0.15) is 162 Å². The maximum Gasteiger partial charge on any atom is 0.472 e. The van der Waals surface area contributed by atoms with Gasteiger partial charge in [-0.05, 0) is 51.4 Å². The van der Waals surface area contributed by atoms with E-state index >= 15 is 0 Å². The highest BCUT2D eigenvalue weighted by Gasteiger charge is 2.27. The fourth-order valence-corrected chi connectivity index (χ4v) is 6.02. The Bertz CT molecular complexity index is 1010. The number of phosphoric ester groups is 1. The molecule has 0 aromatic rings. The highest BCUT2D eigenvalue weighted by Crippen LogP contribution is 2.43. The molecule has 3 atom stereocenters. The van der Waals surface area contributed by atoms with Crippen LogP contribution in [-0.4, -0.2) is 60.5 Å². The van der Waals surface area contributed by atoms with Crippen molar-refractivity contribution in [2.45, 2.75) is 174 Å². The molecule has 0 fully saturated rings. The summed E-state index contributed by atoms with van der Waals surface area (Å²) in [6.45, 7) is 3.71. The van der Waals surface area contributed by atoms with E-state index in [0.717, 1.165) is 83.5 Å². The van der Waals surface area contributed by atoms with Gasteiger partial charge in [0.2, 0.25) is 0 Å². The summed E-state index contributed by atoms with van der Waals surface area (Å²) in [4.78, 5) is 33.4. The van der Waals surface area contributed by atoms with Crippen LogP contribution in [0, 0.1) is 0 Å². The molecule has 0 bridgehead atoms. The number of aliphatic carboxylic acids is 1.